The van der Waals surface area contributed by atoms with Crippen LogP contribution in [0.1, 0.15) is 43.5 Å². The molecule has 2 aromatic heterocycles. The number of benzene rings is 2. The molecule has 1 atom stereocenters. The maximum Gasteiger partial charge on any atom is 0.301 e. The van der Waals surface area contributed by atoms with Gasteiger partial charge in [-0.1, -0.05) is 44.2 Å². The van der Waals surface area contributed by atoms with Crippen molar-refractivity contribution in [2.45, 2.75) is 32.2 Å². The minimum absolute atomic E-state index is 0.00182. The first-order chi connectivity index (χ1) is 18.6. The number of anilines is 2. The number of ketones is 1. The molecule has 1 saturated heterocycles. The number of carbonyl (C=O) groups excluding carboxylic acids is 2. The highest BCUT2D eigenvalue weighted by molar-refractivity contribution is 7.22. The van der Waals surface area contributed by atoms with Crippen LogP contribution < -0.4 is 14.5 Å². The summed E-state index contributed by atoms with van der Waals surface area (Å²) in [7, 11) is 1.94. The molecule has 0 saturated carbocycles. The fourth-order valence-electron chi connectivity index (χ4n) is 5.02. The number of nitrogens with zero attached hydrogens (tertiary/aromatic N) is 4. The molecule has 4 aromatic rings. The Morgan fingerprint density at radius 3 is 2.69 bits per heavy atom. The maximum absolute atomic E-state index is 13.6. The van der Waals surface area contributed by atoms with Gasteiger partial charge in [-0.3, -0.25) is 19.5 Å². The van der Waals surface area contributed by atoms with Crippen molar-refractivity contribution in [2.24, 2.45) is 0 Å². The first-order valence-corrected chi connectivity index (χ1v) is 13.6. The molecule has 0 spiro atoms. The van der Waals surface area contributed by atoms with E-state index in [4.69, 9.17) is 9.72 Å². The number of amides is 1. The Morgan fingerprint density at radius 2 is 1.95 bits per heavy atom. The number of pyridine rings is 1. The summed E-state index contributed by atoms with van der Waals surface area (Å²) in [6, 6.07) is 14.0. The van der Waals surface area contributed by atoms with Gasteiger partial charge in [-0.2, -0.15) is 0 Å². The van der Waals surface area contributed by atoms with Crippen LogP contribution in [0.3, 0.4) is 0 Å². The van der Waals surface area contributed by atoms with Gasteiger partial charge in [0.2, 0.25) is 0 Å². The molecule has 198 valence electrons. The van der Waals surface area contributed by atoms with Crippen molar-refractivity contribution in [3.8, 4) is 5.75 Å². The van der Waals surface area contributed by atoms with Gasteiger partial charge < -0.3 is 14.7 Å². The van der Waals surface area contributed by atoms with Crippen molar-refractivity contribution >= 4 is 49.8 Å². The van der Waals surface area contributed by atoms with Gasteiger partial charge in [0.05, 0.1) is 34.1 Å². The predicted molar refractivity (Wildman–Crippen MR) is 153 cm³/mol. The van der Waals surface area contributed by atoms with Crippen molar-refractivity contribution in [1.82, 2.24) is 9.97 Å². The van der Waals surface area contributed by atoms with Crippen LogP contribution in [0.15, 0.2) is 66.5 Å². The number of fused-ring (bicyclic) bond motifs is 2. The number of aromatic nitrogens is 2. The monoisotopic (exact) mass is 540 g/mol. The Hall–Kier alpha value is -4.24. The topological polar surface area (TPSA) is 95.9 Å². The van der Waals surface area contributed by atoms with Crippen LogP contribution in [0, 0.1) is 0 Å². The normalized spacial score (nSPS) is 18.9. The zero-order chi connectivity index (χ0) is 27.5. The number of thiazole rings is 1. The van der Waals surface area contributed by atoms with Crippen molar-refractivity contribution in [1.29, 1.82) is 0 Å². The molecule has 1 amide bonds. The Kier molecular flexibility index (Phi) is 5.91. The summed E-state index contributed by atoms with van der Waals surface area (Å²) in [6.45, 7) is 7.69. The molecule has 0 bridgehead atoms. The van der Waals surface area contributed by atoms with E-state index in [0.717, 1.165) is 21.5 Å². The molecule has 9 heteroatoms. The number of Topliss-reactive ketones (excluding diaryl/α,β-unsaturated/α-hetero) is 1. The Morgan fingerprint density at radius 1 is 1.13 bits per heavy atom. The van der Waals surface area contributed by atoms with E-state index in [1.807, 2.05) is 24.1 Å². The quantitative estimate of drug-likeness (QED) is 0.210. The standard InChI is InChI=1S/C30H28N4O4S/c1-30(2,3)19-8-9-20-23(15-19)39-29(32-20)34-25(18-6-5-11-31-16-18)24(27(36)28(34)37)26(35)17-7-10-22-21(14-17)33(4)12-13-38-22/h5-11,14-16,25,35H,12-13H2,1-4H3/b26-24+. The molecule has 6 rings (SSSR count). The summed E-state index contributed by atoms with van der Waals surface area (Å²) >= 11 is 1.35. The minimum Gasteiger partial charge on any atom is -0.507 e. The molecule has 1 N–H and O–H groups in total. The van der Waals surface area contributed by atoms with Crippen molar-refractivity contribution < 1.29 is 19.4 Å². The Balaban J connectivity index is 1.51. The molecule has 1 fully saturated rings. The Bertz CT molecular complexity index is 1650. The first-order valence-electron chi connectivity index (χ1n) is 12.7. The van der Waals surface area contributed by atoms with Gasteiger partial charge in [0.25, 0.3) is 5.78 Å². The van der Waals surface area contributed by atoms with Gasteiger partial charge in [0, 0.05) is 25.0 Å². The summed E-state index contributed by atoms with van der Waals surface area (Å²) < 4.78 is 6.65. The number of ether oxygens (including phenoxy) is 1. The smallest absolute Gasteiger partial charge is 0.301 e. The summed E-state index contributed by atoms with van der Waals surface area (Å²) in [5, 5.41) is 11.9. The van der Waals surface area contributed by atoms with E-state index < -0.39 is 17.7 Å². The fourth-order valence-corrected chi connectivity index (χ4v) is 6.05. The second kappa shape index (κ2) is 9.20. The van der Waals surface area contributed by atoms with Crippen LogP contribution in [0.2, 0.25) is 0 Å². The number of carbonyl (C=O) groups is 2. The predicted octanol–water partition coefficient (Wildman–Crippen LogP) is 5.44. The van der Waals surface area contributed by atoms with Crippen LogP contribution in [-0.4, -0.2) is 47.0 Å². The zero-order valence-electron chi connectivity index (χ0n) is 22.1. The number of rotatable bonds is 3. The van der Waals surface area contributed by atoms with E-state index in [-0.39, 0.29) is 16.7 Å². The number of aliphatic hydroxyl groups is 1. The molecule has 1 unspecified atom stereocenters. The van der Waals surface area contributed by atoms with Gasteiger partial charge in [0.15, 0.2) is 5.13 Å². The fraction of sp³-hybridized carbons (Fsp3) is 0.267. The van der Waals surface area contributed by atoms with Gasteiger partial charge >= 0.3 is 5.91 Å². The van der Waals surface area contributed by atoms with Crippen LogP contribution in [0.25, 0.3) is 16.0 Å². The van der Waals surface area contributed by atoms with Crippen molar-refractivity contribution in [2.75, 3.05) is 30.0 Å². The molecule has 2 aliphatic heterocycles. The van der Waals surface area contributed by atoms with Crippen LogP contribution in [0.5, 0.6) is 5.75 Å². The second-order valence-electron chi connectivity index (χ2n) is 10.8. The third kappa shape index (κ3) is 4.23. The van der Waals surface area contributed by atoms with Crippen LogP contribution >= 0.6 is 11.3 Å². The summed E-state index contributed by atoms with van der Waals surface area (Å²) in [6.07, 6.45) is 3.23. The largest absolute Gasteiger partial charge is 0.507 e. The lowest BCUT2D eigenvalue weighted by atomic mass is 9.87. The highest BCUT2D eigenvalue weighted by Gasteiger charge is 2.48. The lowest BCUT2D eigenvalue weighted by molar-refractivity contribution is -0.132. The van der Waals surface area contributed by atoms with Crippen LogP contribution in [-0.2, 0) is 15.0 Å². The van der Waals surface area contributed by atoms with E-state index >= 15 is 0 Å². The lowest BCUT2D eigenvalue weighted by Crippen LogP contribution is -2.29. The molecule has 39 heavy (non-hydrogen) atoms. The molecule has 0 aliphatic carbocycles. The van der Waals surface area contributed by atoms with E-state index in [0.29, 0.717) is 35.2 Å². The maximum atomic E-state index is 13.6. The summed E-state index contributed by atoms with van der Waals surface area (Å²) in [5.74, 6) is -1.05. The minimum atomic E-state index is -0.883. The van der Waals surface area contributed by atoms with Crippen molar-refractivity contribution in [3.05, 3.63) is 83.2 Å². The lowest BCUT2D eigenvalue weighted by Gasteiger charge is -2.28. The van der Waals surface area contributed by atoms with E-state index in [2.05, 4.69) is 31.8 Å². The first kappa shape index (κ1) is 25.1. The van der Waals surface area contributed by atoms with Gasteiger partial charge in [-0.25, -0.2) is 4.98 Å². The molecule has 4 heterocycles. The van der Waals surface area contributed by atoms with E-state index in [9.17, 15) is 14.7 Å². The average molecular weight is 541 g/mol. The van der Waals surface area contributed by atoms with Gasteiger partial charge in [-0.05, 0) is 52.9 Å². The molecular weight excluding hydrogens is 512 g/mol. The summed E-state index contributed by atoms with van der Waals surface area (Å²) in [5.41, 5.74) is 3.68. The van der Waals surface area contributed by atoms with E-state index in [1.54, 1.807) is 42.7 Å². The molecule has 2 aliphatic rings. The van der Waals surface area contributed by atoms with Crippen molar-refractivity contribution in [3.63, 3.8) is 0 Å². The number of aliphatic hydroxyl groups excluding tert-OH is 1. The van der Waals surface area contributed by atoms with Gasteiger partial charge in [-0.15, -0.1) is 0 Å². The van der Waals surface area contributed by atoms with E-state index in [1.165, 1.54) is 16.2 Å². The second-order valence-corrected chi connectivity index (χ2v) is 11.8. The molecule has 8 nitrogen and oxygen atoms in total. The number of hydrogen-bond acceptors (Lipinski definition) is 8. The third-order valence-electron chi connectivity index (χ3n) is 7.22. The third-order valence-corrected chi connectivity index (χ3v) is 8.24. The molecule has 2 aromatic carbocycles. The SMILES string of the molecule is CN1CCOc2ccc(/C(O)=C3\C(=O)C(=O)N(c4nc5ccc(C(C)(C)C)cc5s4)C3c3cccnc3)cc21. The van der Waals surface area contributed by atoms with Gasteiger partial charge in [0.1, 0.15) is 18.1 Å². The highest BCUT2D eigenvalue weighted by atomic mass is 32.1. The molecule has 0 radical (unpaired) electrons. The number of hydrogen-bond donors (Lipinski definition) is 1. The Labute approximate surface area is 230 Å². The summed E-state index contributed by atoms with van der Waals surface area (Å²) in [4.78, 5) is 39.5. The average Bonchev–Trinajstić information content (AvgIpc) is 3.46. The van der Waals surface area contributed by atoms with Crippen LogP contribution in [0.4, 0.5) is 10.8 Å². The molecular formula is C30H28N4O4S. The highest BCUT2D eigenvalue weighted by Crippen LogP contribution is 2.45. The zero-order valence-corrected chi connectivity index (χ0v) is 23.0. The number of likely N-dealkylation sites (N-methyl/N-ethyl adjacent to an activating group) is 1.